The molecule has 2 aliphatic heterocycles. The molecular formula is C13H22N2O3. The van der Waals surface area contributed by atoms with Gasteiger partial charge in [0.15, 0.2) is 0 Å². The summed E-state index contributed by atoms with van der Waals surface area (Å²) in [6.45, 7) is 2.97. The first-order valence-corrected chi connectivity index (χ1v) is 6.83. The van der Waals surface area contributed by atoms with Crippen molar-refractivity contribution in [2.45, 2.75) is 38.1 Å². The Labute approximate surface area is 108 Å². The molecular weight excluding hydrogens is 232 g/mol. The van der Waals surface area contributed by atoms with E-state index in [0.717, 1.165) is 38.8 Å². The van der Waals surface area contributed by atoms with Crippen LogP contribution in [-0.2, 0) is 14.3 Å². The van der Waals surface area contributed by atoms with E-state index in [4.69, 9.17) is 4.74 Å². The fraction of sp³-hybridized carbons (Fsp3) is 0.846. The van der Waals surface area contributed by atoms with E-state index < -0.39 is 0 Å². The van der Waals surface area contributed by atoms with Crippen LogP contribution in [0.3, 0.4) is 0 Å². The second kappa shape index (κ2) is 6.18. The van der Waals surface area contributed by atoms with E-state index in [1.807, 2.05) is 16.8 Å². The number of carbonyl (C=O) groups is 2. The Balaban J connectivity index is 1.60. The van der Waals surface area contributed by atoms with Crippen LogP contribution in [0.5, 0.6) is 0 Å². The zero-order valence-electron chi connectivity index (χ0n) is 11.1. The lowest BCUT2D eigenvalue weighted by atomic mass is 10.2. The van der Waals surface area contributed by atoms with Gasteiger partial charge in [0.2, 0.25) is 5.91 Å². The second-order valence-corrected chi connectivity index (χ2v) is 5.14. The molecule has 18 heavy (non-hydrogen) atoms. The van der Waals surface area contributed by atoms with Crippen LogP contribution in [0.15, 0.2) is 0 Å². The molecule has 5 heteroatoms. The SMILES string of the molecule is CN1CCC[C@@H]1C(=O)OCCCN1CCCC1=O. The van der Waals surface area contributed by atoms with Gasteiger partial charge in [-0.2, -0.15) is 0 Å². The van der Waals surface area contributed by atoms with Crippen molar-refractivity contribution in [2.24, 2.45) is 0 Å². The van der Waals surface area contributed by atoms with Crippen LogP contribution in [0.2, 0.25) is 0 Å². The number of esters is 1. The van der Waals surface area contributed by atoms with E-state index in [9.17, 15) is 9.59 Å². The van der Waals surface area contributed by atoms with Crippen LogP contribution < -0.4 is 0 Å². The summed E-state index contributed by atoms with van der Waals surface area (Å²) in [7, 11) is 1.96. The minimum atomic E-state index is -0.109. The first-order valence-electron chi connectivity index (χ1n) is 6.83. The molecule has 0 spiro atoms. The van der Waals surface area contributed by atoms with Crippen molar-refractivity contribution < 1.29 is 14.3 Å². The van der Waals surface area contributed by atoms with E-state index >= 15 is 0 Å². The third-order valence-corrected chi connectivity index (χ3v) is 3.78. The molecule has 2 saturated heterocycles. The number of likely N-dealkylation sites (tertiary alicyclic amines) is 2. The zero-order chi connectivity index (χ0) is 13.0. The maximum Gasteiger partial charge on any atom is 0.323 e. The van der Waals surface area contributed by atoms with Gasteiger partial charge in [-0.3, -0.25) is 14.5 Å². The first-order chi connectivity index (χ1) is 8.68. The highest BCUT2D eigenvalue weighted by molar-refractivity contribution is 5.78. The van der Waals surface area contributed by atoms with Crippen molar-refractivity contribution in [1.29, 1.82) is 0 Å². The number of amides is 1. The van der Waals surface area contributed by atoms with E-state index in [0.29, 0.717) is 19.6 Å². The van der Waals surface area contributed by atoms with Gasteiger partial charge in [-0.1, -0.05) is 0 Å². The smallest absolute Gasteiger partial charge is 0.323 e. The molecule has 2 fully saturated rings. The van der Waals surface area contributed by atoms with Crippen LogP contribution >= 0.6 is 0 Å². The van der Waals surface area contributed by atoms with Gasteiger partial charge in [0.1, 0.15) is 6.04 Å². The molecule has 0 N–H and O–H groups in total. The quantitative estimate of drug-likeness (QED) is 0.533. The van der Waals surface area contributed by atoms with Gasteiger partial charge < -0.3 is 9.64 Å². The molecule has 0 aliphatic carbocycles. The van der Waals surface area contributed by atoms with Gasteiger partial charge in [0.25, 0.3) is 0 Å². The van der Waals surface area contributed by atoms with Gasteiger partial charge >= 0.3 is 5.97 Å². The lowest BCUT2D eigenvalue weighted by Gasteiger charge is -2.19. The summed E-state index contributed by atoms with van der Waals surface area (Å²) < 4.78 is 5.27. The summed E-state index contributed by atoms with van der Waals surface area (Å²) in [5.74, 6) is 0.125. The second-order valence-electron chi connectivity index (χ2n) is 5.14. The number of ether oxygens (including phenoxy) is 1. The van der Waals surface area contributed by atoms with Crippen molar-refractivity contribution in [3.05, 3.63) is 0 Å². The van der Waals surface area contributed by atoms with Gasteiger partial charge in [0.05, 0.1) is 6.61 Å². The molecule has 2 aliphatic rings. The lowest BCUT2D eigenvalue weighted by Crippen LogP contribution is -2.35. The Morgan fingerprint density at radius 2 is 2.22 bits per heavy atom. The highest BCUT2D eigenvalue weighted by atomic mass is 16.5. The molecule has 2 heterocycles. The minimum absolute atomic E-state index is 0.0570. The highest BCUT2D eigenvalue weighted by Gasteiger charge is 2.29. The summed E-state index contributed by atoms with van der Waals surface area (Å²) >= 11 is 0. The summed E-state index contributed by atoms with van der Waals surface area (Å²) in [6.07, 6.45) is 4.35. The predicted molar refractivity (Wildman–Crippen MR) is 67.0 cm³/mol. The monoisotopic (exact) mass is 254 g/mol. The number of likely N-dealkylation sites (N-methyl/N-ethyl adjacent to an activating group) is 1. The molecule has 0 aromatic carbocycles. The normalized spacial score (nSPS) is 24.8. The largest absolute Gasteiger partial charge is 0.464 e. The van der Waals surface area contributed by atoms with Crippen molar-refractivity contribution in [1.82, 2.24) is 9.80 Å². The van der Waals surface area contributed by atoms with Crippen LogP contribution in [0.4, 0.5) is 0 Å². The topological polar surface area (TPSA) is 49.9 Å². The fourth-order valence-electron chi connectivity index (χ4n) is 2.67. The van der Waals surface area contributed by atoms with Crippen LogP contribution in [-0.4, -0.2) is 61.0 Å². The number of nitrogens with zero attached hydrogens (tertiary/aromatic N) is 2. The molecule has 1 atom stereocenters. The van der Waals surface area contributed by atoms with Crippen LogP contribution in [0, 0.1) is 0 Å². The zero-order valence-corrected chi connectivity index (χ0v) is 11.1. The summed E-state index contributed by atoms with van der Waals surface area (Å²) in [5.41, 5.74) is 0. The maximum absolute atomic E-state index is 11.8. The summed E-state index contributed by atoms with van der Waals surface area (Å²) in [5, 5.41) is 0. The molecule has 102 valence electrons. The van der Waals surface area contributed by atoms with Crippen molar-refractivity contribution in [2.75, 3.05) is 33.3 Å². The first kappa shape index (κ1) is 13.3. The Kier molecular flexibility index (Phi) is 4.58. The average Bonchev–Trinajstić information content (AvgIpc) is 2.94. The summed E-state index contributed by atoms with van der Waals surface area (Å²) in [4.78, 5) is 27.0. The van der Waals surface area contributed by atoms with E-state index in [-0.39, 0.29) is 17.9 Å². The van der Waals surface area contributed by atoms with E-state index in [2.05, 4.69) is 0 Å². The standard InChI is InChI=1S/C13H22N2O3/c1-14-7-2-5-11(14)13(17)18-10-4-9-15-8-3-6-12(15)16/h11H,2-10H2,1H3/t11-/m1/s1. The number of rotatable bonds is 5. The third-order valence-electron chi connectivity index (χ3n) is 3.78. The van der Waals surface area contributed by atoms with Gasteiger partial charge in [-0.15, -0.1) is 0 Å². The number of hydrogen-bond acceptors (Lipinski definition) is 4. The van der Waals surface area contributed by atoms with Crippen molar-refractivity contribution in [3.63, 3.8) is 0 Å². The number of carbonyl (C=O) groups excluding carboxylic acids is 2. The van der Waals surface area contributed by atoms with Gasteiger partial charge in [-0.25, -0.2) is 0 Å². The highest BCUT2D eigenvalue weighted by Crippen LogP contribution is 2.16. The Bertz CT molecular complexity index is 319. The minimum Gasteiger partial charge on any atom is -0.464 e. The third kappa shape index (κ3) is 3.22. The molecule has 0 unspecified atom stereocenters. The number of hydrogen-bond donors (Lipinski definition) is 0. The molecule has 0 aromatic rings. The molecule has 1 amide bonds. The van der Waals surface area contributed by atoms with Gasteiger partial charge in [-0.05, 0) is 39.3 Å². The van der Waals surface area contributed by atoms with Crippen molar-refractivity contribution >= 4 is 11.9 Å². The van der Waals surface area contributed by atoms with Crippen LogP contribution in [0.25, 0.3) is 0 Å². The van der Waals surface area contributed by atoms with E-state index in [1.54, 1.807) is 0 Å². The molecule has 0 saturated carbocycles. The predicted octanol–water partition coefficient (Wildman–Crippen LogP) is 0.636. The Morgan fingerprint density at radius 1 is 1.39 bits per heavy atom. The van der Waals surface area contributed by atoms with Crippen molar-refractivity contribution in [3.8, 4) is 0 Å². The average molecular weight is 254 g/mol. The molecule has 0 bridgehead atoms. The summed E-state index contributed by atoms with van der Waals surface area (Å²) in [6, 6.07) is -0.0570. The maximum atomic E-state index is 11.8. The fourth-order valence-corrected chi connectivity index (χ4v) is 2.67. The van der Waals surface area contributed by atoms with E-state index in [1.165, 1.54) is 0 Å². The van der Waals surface area contributed by atoms with Crippen LogP contribution in [0.1, 0.15) is 32.1 Å². The Morgan fingerprint density at radius 3 is 2.83 bits per heavy atom. The molecule has 0 aromatic heterocycles. The molecule has 2 rings (SSSR count). The Hall–Kier alpha value is -1.10. The van der Waals surface area contributed by atoms with Gasteiger partial charge in [0, 0.05) is 19.5 Å². The molecule has 5 nitrogen and oxygen atoms in total. The molecule has 0 radical (unpaired) electrons. The lowest BCUT2D eigenvalue weighted by molar-refractivity contribution is -0.148.